The molecule has 0 bridgehead atoms. The molecule has 1 aromatic rings. The Kier molecular flexibility index (Phi) is 4.35. The number of nitrogens with zero attached hydrogens (tertiary/aromatic N) is 2. The van der Waals surface area contributed by atoms with Crippen LogP contribution in [0.4, 0.5) is 5.95 Å². The molecule has 0 radical (unpaired) electrons. The van der Waals surface area contributed by atoms with Crippen molar-refractivity contribution in [3.63, 3.8) is 0 Å². The van der Waals surface area contributed by atoms with Gasteiger partial charge in [0.15, 0.2) is 0 Å². The molecule has 0 amide bonds. The van der Waals surface area contributed by atoms with Crippen molar-refractivity contribution in [3.8, 4) is 0 Å². The highest BCUT2D eigenvalue weighted by molar-refractivity contribution is 5.26. The minimum atomic E-state index is 0.221. The van der Waals surface area contributed by atoms with Gasteiger partial charge in [-0.3, -0.25) is 0 Å². The highest BCUT2D eigenvalue weighted by Crippen LogP contribution is 2.31. The Labute approximate surface area is 98.0 Å². The van der Waals surface area contributed by atoms with E-state index in [-0.39, 0.29) is 5.41 Å². The van der Waals surface area contributed by atoms with Crippen molar-refractivity contribution >= 4 is 5.95 Å². The van der Waals surface area contributed by atoms with Gasteiger partial charge in [-0.05, 0) is 12.3 Å². The summed E-state index contributed by atoms with van der Waals surface area (Å²) in [6.45, 7) is 10.4. The predicted octanol–water partition coefficient (Wildman–Crippen LogP) is 2.55. The van der Waals surface area contributed by atoms with Crippen LogP contribution < -0.4 is 5.32 Å². The van der Waals surface area contributed by atoms with Crippen LogP contribution in [0.3, 0.4) is 0 Å². The van der Waals surface area contributed by atoms with E-state index in [2.05, 4.69) is 42.6 Å². The van der Waals surface area contributed by atoms with E-state index in [1.54, 1.807) is 7.11 Å². The molecule has 0 saturated heterocycles. The smallest absolute Gasteiger partial charge is 0.203 e. The maximum atomic E-state index is 5.01. The average Bonchev–Trinajstić information content (AvgIpc) is 2.64. The third-order valence-electron chi connectivity index (χ3n) is 2.93. The molecule has 92 valence electrons. The van der Waals surface area contributed by atoms with Crippen LogP contribution in [0, 0.1) is 5.41 Å². The number of methoxy groups -OCH3 is 1. The van der Waals surface area contributed by atoms with Crippen molar-refractivity contribution in [2.24, 2.45) is 5.41 Å². The zero-order chi connectivity index (χ0) is 12.2. The standard InChI is InChI=1S/C12H23N3O/c1-10(12(2,3)4)15-8-6-13-11(15)14-7-9-16-5/h6,8,10H,7,9H2,1-5H3,(H,13,14). The predicted molar refractivity (Wildman–Crippen MR) is 66.8 cm³/mol. The van der Waals surface area contributed by atoms with Crippen molar-refractivity contribution in [2.45, 2.75) is 33.7 Å². The molecule has 0 aromatic carbocycles. The number of nitrogens with one attached hydrogen (secondary N) is 1. The van der Waals surface area contributed by atoms with Gasteiger partial charge in [-0.15, -0.1) is 0 Å². The van der Waals surface area contributed by atoms with Crippen LogP contribution >= 0.6 is 0 Å². The van der Waals surface area contributed by atoms with Crippen molar-refractivity contribution in [3.05, 3.63) is 12.4 Å². The maximum absolute atomic E-state index is 5.01. The molecular formula is C12H23N3O. The Morgan fingerprint density at radius 1 is 1.50 bits per heavy atom. The number of imidazole rings is 1. The lowest BCUT2D eigenvalue weighted by molar-refractivity contribution is 0.210. The van der Waals surface area contributed by atoms with Gasteiger partial charge in [-0.1, -0.05) is 20.8 Å². The zero-order valence-corrected chi connectivity index (χ0v) is 10.9. The number of anilines is 1. The number of aromatic nitrogens is 2. The van der Waals surface area contributed by atoms with E-state index in [0.29, 0.717) is 12.6 Å². The van der Waals surface area contributed by atoms with Crippen LogP contribution in [0.2, 0.25) is 0 Å². The molecule has 1 rings (SSSR count). The Morgan fingerprint density at radius 3 is 2.75 bits per heavy atom. The lowest BCUT2D eigenvalue weighted by atomic mass is 9.88. The summed E-state index contributed by atoms with van der Waals surface area (Å²) in [4.78, 5) is 4.32. The molecule has 0 spiro atoms. The number of hydrogen-bond acceptors (Lipinski definition) is 3. The van der Waals surface area contributed by atoms with Gasteiger partial charge in [-0.25, -0.2) is 4.98 Å². The summed E-state index contributed by atoms with van der Waals surface area (Å²) in [6.07, 6.45) is 3.85. The second kappa shape index (κ2) is 5.34. The first kappa shape index (κ1) is 13.0. The summed E-state index contributed by atoms with van der Waals surface area (Å²) in [5.41, 5.74) is 0.221. The van der Waals surface area contributed by atoms with Crippen LogP contribution in [0.15, 0.2) is 12.4 Å². The summed E-state index contributed by atoms with van der Waals surface area (Å²) in [6, 6.07) is 0.403. The topological polar surface area (TPSA) is 39.1 Å². The van der Waals surface area contributed by atoms with Crippen LogP contribution in [0.25, 0.3) is 0 Å². The Balaban J connectivity index is 2.70. The monoisotopic (exact) mass is 225 g/mol. The van der Waals surface area contributed by atoms with E-state index in [0.717, 1.165) is 12.5 Å². The summed E-state index contributed by atoms with van der Waals surface area (Å²) in [7, 11) is 1.70. The Morgan fingerprint density at radius 2 is 2.19 bits per heavy atom. The van der Waals surface area contributed by atoms with Crippen LogP contribution in [-0.2, 0) is 4.74 Å². The number of rotatable bonds is 5. The zero-order valence-electron chi connectivity index (χ0n) is 10.9. The Bertz CT molecular complexity index is 314. The summed E-state index contributed by atoms with van der Waals surface area (Å²) in [5, 5.41) is 3.27. The van der Waals surface area contributed by atoms with Gasteiger partial charge in [0.05, 0.1) is 6.61 Å². The second-order valence-corrected chi connectivity index (χ2v) is 5.12. The maximum Gasteiger partial charge on any atom is 0.203 e. The molecule has 0 aliphatic carbocycles. The molecule has 0 fully saturated rings. The van der Waals surface area contributed by atoms with Crippen molar-refractivity contribution in [1.82, 2.24) is 9.55 Å². The molecule has 1 heterocycles. The SMILES string of the molecule is COCCNc1nccn1C(C)C(C)(C)C. The first-order valence-electron chi connectivity index (χ1n) is 5.72. The lowest BCUT2D eigenvalue weighted by Crippen LogP contribution is -2.23. The van der Waals surface area contributed by atoms with Crippen LogP contribution in [-0.4, -0.2) is 29.8 Å². The van der Waals surface area contributed by atoms with E-state index in [1.807, 2.05) is 12.4 Å². The highest BCUT2D eigenvalue weighted by Gasteiger charge is 2.23. The number of ether oxygens (including phenoxy) is 1. The van der Waals surface area contributed by atoms with Gasteiger partial charge >= 0.3 is 0 Å². The average molecular weight is 225 g/mol. The van der Waals surface area contributed by atoms with E-state index < -0.39 is 0 Å². The lowest BCUT2D eigenvalue weighted by Gasteiger charge is -2.29. The molecule has 0 saturated carbocycles. The molecular weight excluding hydrogens is 202 g/mol. The van der Waals surface area contributed by atoms with Crippen molar-refractivity contribution < 1.29 is 4.74 Å². The fourth-order valence-corrected chi connectivity index (χ4v) is 1.44. The highest BCUT2D eigenvalue weighted by atomic mass is 16.5. The molecule has 16 heavy (non-hydrogen) atoms. The summed E-state index contributed by atoms with van der Waals surface area (Å²) < 4.78 is 7.18. The first-order valence-corrected chi connectivity index (χ1v) is 5.72. The molecule has 1 N–H and O–H groups in total. The van der Waals surface area contributed by atoms with E-state index >= 15 is 0 Å². The molecule has 0 aliphatic rings. The number of hydrogen-bond donors (Lipinski definition) is 1. The quantitative estimate of drug-likeness (QED) is 0.783. The van der Waals surface area contributed by atoms with Gasteiger partial charge in [-0.2, -0.15) is 0 Å². The molecule has 1 unspecified atom stereocenters. The van der Waals surface area contributed by atoms with Crippen LogP contribution in [0.1, 0.15) is 33.7 Å². The minimum absolute atomic E-state index is 0.221. The van der Waals surface area contributed by atoms with Gasteiger partial charge in [0.25, 0.3) is 0 Å². The van der Waals surface area contributed by atoms with Gasteiger partial charge in [0.1, 0.15) is 0 Å². The summed E-state index contributed by atoms with van der Waals surface area (Å²) >= 11 is 0. The third kappa shape index (κ3) is 3.23. The van der Waals surface area contributed by atoms with E-state index in [9.17, 15) is 0 Å². The van der Waals surface area contributed by atoms with E-state index in [1.165, 1.54) is 0 Å². The van der Waals surface area contributed by atoms with E-state index in [4.69, 9.17) is 4.74 Å². The van der Waals surface area contributed by atoms with Gasteiger partial charge in [0.2, 0.25) is 5.95 Å². The normalized spacial score (nSPS) is 13.8. The first-order chi connectivity index (χ1) is 7.46. The van der Waals surface area contributed by atoms with Crippen molar-refractivity contribution in [1.29, 1.82) is 0 Å². The Hall–Kier alpha value is -1.03. The van der Waals surface area contributed by atoms with Crippen molar-refractivity contribution in [2.75, 3.05) is 25.6 Å². The fraction of sp³-hybridized carbons (Fsp3) is 0.750. The third-order valence-corrected chi connectivity index (χ3v) is 2.93. The molecule has 4 heteroatoms. The molecule has 1 atom stereocenters. The van der Waals surface area contributed by atoms with Gasteiger partial charge in [0, 0.05) is 32.1 Å². The van der Waals surface area contributed by atoms with Crippen LogP contribution in [0.5, 0.6) is 0 Å². The second-order valence-electron chi connectivity index (χ2n) is 5.12. The van der Waals surface area contributed by atoms with Gasteiger partial charge < -0.3 is 14.6 Å². The minimum Gasteiger partial charge on any atom is -0.383 e. The summed E-state index contributed by atoms with van der Waals surface area (Å²) in [5.74, 6) is 0.916. The molecule has 0 aliphatic heterocycles. The molecule has 1 aromatic heterocycles. The molecule has 4 nitrogen and oxygen atoms in total. The fourth-order valence-electron chi connectivity index (χ4n) is 1.44. The largest absolute Gasteiger partial charge is 0.383 e.